The molecular formula is C19H24N4O4S. The first-order chi connectivity index (χ1) is 13.3. The standard InChI is InChI=1S/C19H24N4O4S/c1-14-11-17-21(2)18(24)13-19(23(17)20-14)7-9-22(10-8-19)28(25,26)16-6-4-5-15(12-16)27-3/h4-6,11-12H,7-10,13H2,1-3H3. The van der Waals surface area contributed by atoms with Crippen molar-refractivity contribution in [3.8, 4) is 5.75 Å². The van der Waals surface area contributed by atoms with Crippen LogP contribution < -0.4 is 9.64 Å². The third kappa shape index (κ3) is 2.89. The maximum absolute atomic E-state index is 13.1. The molecule has 28 heavy (non-hydrogen) atoms. The monoisotopic (exact) mass is 404 g/mol. The Morgan fingerprint density at radius 3 is 2.57 bits per heavy atom. The number of benzene rings is 1. The van der Waals surface area contributed by atoms with Crippen LogP contribution in [0.5, 0.6) is 5.75 Å². The molecule has 0 saturated carbocycles. The van der Waals surface area contributed by atoms with E-state index in [1.165, 1.54) is 17.5 Å². The lowest BCUT2D eigenvalue weighted by molar-refractivity contribution is -0.122. The number of piperidine rings is 1. The van der Waals surface area contributed by atoms with Crippen LogP contribution in [0, 0.1) is 6.92 Å². The summed E-state index contributed by atoms with van der Waals surface area (Å²) in [6, 6.07) is 8.41. The number of aryl methyl sites for hydroxylation is 1. The van der Waals surface area contributed by atoms with Gasteiger partial charge in [-0.1, -0.05) is 6.07 Å². The summed E-state index contributed by atoms with van der Waals surface area (Å²) < 4.78 is 34.7. The first-order valence-electron chi connectivity index (χ1n) is 9.25. The number of ether oxygens (including phenoxy) is 1. The molecule has 1 saturated heterocycles. The molecule has 0 radical (unpaired) electrons. The molecule has 9 heteroatoms. The van der Waals surface area contributed by atoms with Gasteiger partial charge in [-0.25, -0.2) is 13.1 Å². The molecule has 2 aromatic rings. The number of aromatic nitrogens is 2. The van der Waals surface area contributed by atoms with E-state index in [0.29, 0.717) is 38.1 Å². The lowest BCUT2D eigenvalue weighted by Crippen LogP contribution is -2.54. The van der Waals surface area contributed by atoms with Crippen molar-refractivity contribution in [3.63, 3.8) is 0 Å². The molecule has 0 atom stereocenters. The highest BCUT2D eigenvalue weighted by molar-refractivity contribution is 7.89. The maximum atomic E-state index is 13.1. The summed E-state index contributed by atoms with van der Waals surface area (Å²) in [5.41, 5.74) is 0.385. The lowest BCUT2D eigenvalue weighted by Gasteiger charge is -2.45. The van der Waals surface area contributed by atoms with Crippen molar-refractivity contribution in [2.24, 2.45) is 0 Å². The largest absolute Gasteiger partial charge is 0.497 e. The molecule has 1 amide bonds. The highest BCUT2D eigenvalue weighted by Gasteiger charge is 2.46. The average Bonchev–Trinajstić information content (AvgIpc) is 3.10. The molecule has 0 N–H and O–H groups in total. The van der Waals surface area contributed by atoms with Crippen molar-refractivity contribution in [2.75, 3.05) is 32.1 Å². The van der Waals surface area contributed by atoms with Gasteiger partial charge in [0.15, 0.2) is 0 Å². The van der Waals surface area contributed by atoms with E-state index in [9.17, 15) is 13.2 Å². The number of anilines is 1. The quantitative estimate of drug-likeness (QED) is 0.778. The number of methoxy groups -OCH3 is 1. The molecule has 0 aliphatic carbocycles. The number of hydrogen-bond acceptors (Lipinski definition) is 5. The predicted octanol–water partition coefficient (Wildman–Crippen LogP) is 1.75. The van der Waals surface area contributed by atoms with Crippen LogP contribution in [0.25, 0.3) is 0 Å². The lowest BCUT2D eigenvalue weighted by atomic mass is 9.83. The van der Waals surface area contributed by atoms with E-state index in [1.54, 1.807) is 30.1 Å². The predicted molar refractivity (Wildman–Crippen MR) is 104 cm³/mol. The Hall–Kier alpha value is -2.39. The van der Waals surface area contributed by atoms with Crippen LogP contribution in [-0.2, 0) is 20.4 Å². The molecule has 2 aliphatic heterocycles. The smallest absolute Gasteiger partial charge is 0.243 e. The van der Waals surface area contributed by atoms with Crippen LogP contribution >= 0.6 is 0 Å². The number of carbonyl (C=O) groups is 1. The highest BCUT2D eigenvalue weighted by atomic mass is 32.2. The van der Waals surface area contributed by atoms with Gasteiger partial charge in [-0.3, -0.25) is 4.79 Å². The summed E-state index contributed by atoms with van der Waals surface area (Å²) in [4.78, 5) is 14.4. The highest BCUT2D eigenvalue weighted by Crippen LogP contribution is 2.41. The Morgan fingerprint density at radius 1 is 1.18 bits per heavy atom. The molecule has 8 nitrogen and oxygen atoms in total. The van der Waals surface area contributed by atoms with Gasteiger partial charge in [0.1, 0.15) is 11.6 Å². The first kappa shape index (κ1) is 18.9. The van der Waals surface area contributed by atoms with Crippen LogP contribution in [0.1, 0.15) is 25.0 Å². The zero-order chi connectivity index (χ0) is 20.1. The van der Waals surface area contributed by atoms with Gasteiger partial charge in [0.2, 0.25) is 15.9 Å². The van der Waals surface area contributed by atoms with Crippen LogP contribution in [0.15, 0.2) is 35.2 Å². The number of nitrogens with zero attached hydrogens (tertiary/aromatic N) is 4. The van der Waals surface area contributed by atoms with Crippen LogP contribution in [0.2, 0.25) is 0 Å². The fourth-order valence-corrected chi connectivity index (χ4v) is 5.60. The fraction of sp³-hybridized carbons (Fsp3) is 0.474. The minimum Gasteiger partial charge on any atom is -0.497 e. The van der Waals surface area contributed by atoms with Gasteiger partial charge in [-0.15, -0.1) is 0 Å². The summed E-state index contributed by atoms with van der Waals surface area (Å²) in [5.74, 6) is 1.32. The number of carbonyl (C=O) groups excluding carboxylic acids is 1. The normalized spacial score (nSPS) is 19.7. The van der Waals surface area contributed by atoms with Gasteiger partial charge in [0.05, 0.1) is 29.7 Å². The molecule has 1 fully saturated rings. The topological polar surface area (TPSA) is 84.7 Å². The van der Waals surface area contributed by atoms with Gasteiger partial charge in [0, 0.05) is 32.3 Å². The molecule has 3 heterocycles. The van der Waals surface area contributed by atoms with Gasteiger partial charge >= 0.3 is 0 Å². The summed E-state index contributed by atoms with van der Waals surface area (Å²) in [7, 11) is -0.353. The van der Waals surface area contributed by atoms with Crippen molar-refractivity contribution >= 4 is 21.7 Å². The molecule has 0 bridgehead atoms. The van der Waals surface area contributed by atoms with E-state index < -0.39 is 15.6 Å². The molecule has 2 aliphatic rings. The molecular weight excluding hydrogens is 380 g/mol. The van der Waals surface area contributed by atoms with Crippen molar-refractivity contribution in [1.29, 1.82) is 0 Å². The van der Waals surface area contributed by atoms with Crippen molar-refractivity contribution in [1.82, 2.24) is 14.1 Å². The third-order valence-electron chi connectivity index (χ3n) is 5.79. The summed E-state index contributed by atoms with van der Waals surface area (Å²) in [5, 5.41) is 4.62. The number of sulfonamides is 1. The number of hydrogen-bond donors (Lipinski definition) is 0. The van der Waals surface area contributed by atoms with E-state index in [2.05, 4.69) is 5.10 Å². The Kier molecular flexibility index (Phi) is 4.46. The molecule has 150 valence electrons. The second-order valence-electron chi connectivity index (χ2n) is 7.49. The van der Waals surface area contributed by atoms with E-state index in [-0.39, 0.29) is 10.8 Å². The van der Waals surface area contributed by atoms with Crippen LogP contribution in [0.4, 0.5) is 5.82 Å². The first-order valence-corrected chi connectivity index (χ1v) is 10.7. The minimum absolute atomic E-state index is 0.0384. The van der Waals surface area contributed by atoms with Crippen molar-refractivity contribution in [3.05, 3.63) is 36.0 Å². The average molecular weight is 404 g/mol. The number of fused-ring (bicyclic) bond motifs is 2. The van der Waals surface area contributed by atoms with Gasteiger partial charge in [-0.05, 0) is 31.9 Å². The van der Waals surface area contributed by atoms with E-state index in [0.717, 1.165) is 11.5 Å². The van der Waals surface area contributed by atoms with E-state index in [4.69, 9.17) is 4.74 Å². The molecule has 1 aromatic heterocycles. The van der Waals surface area contributed by atoms with Gasteiger partial charge < -0.3 is 9.64 Å². The van der Waals surface area contributed by atoms with E-state index in [1.807, 2.05) is 17.7 Å². The second-order valence-corrected chi connectivity index (χ2v) is 9.43. The zero-order valence-electron chi connectivity index (χ0n) is 16.3. The van der Waals surface area contributed by atoms with Crippen LogP contribution in [0.3, 0.4) is 0 Å². The molecule has 1 spiro atoms. The summed E-state index contributed by atoms with van der Waals surface area (Å²) >= 11 is 0. The SMILES string of the molecule is COc1cccc(S(=O)(=O)N2CCC3(CC2)CC(=O)N(C)c2cc(C)nn23)c1. The van der Waals surface area contributed by atoms with Crippen molar-refractivity contribution in [2.45, 2.75) is 36.6 Å². The Morgan fingerprint density at radius 2 is 1.89 bits per heavy atom. The van der Waals surface area contributed by atoms with Gasteiger partial charge in [-0.2, -0.15) is 9.40 Å². The summed E-state index contributed by atoms with van der Waals surface area (Å²) in [6.07, 6.45) is 1.43. The molecule has 4 rings (SSSR count). The fourth-order valence-electron chi connectivity index (χ4n) is 4.12. The van der Waals surface area contributed by atoms with Crippen molar-refractivity contribution < 1.29 is 17.9 Å². The maximum Gasteiger partial charge on any atom is 0.243 e. The number of amides is 1. The minimum atomic E-state index is -3.62. The van der Waals surface area contributed by atoms with Crippen LogP contribution in [-0.4, -0.2) is 55.7 Å². The second kappa shape index (κ2) is 6.59. The molecule has 0 unspecified atom stereocenters. The molecule has 1 aromatic carbocycles. The third-order valence-corrected chi connectivity index (χ3v) is 7.69. The number of rotatable bonds is 3. The Balaban J connectivity index is 1.61. The Bertz CT molecular complexity index is 1020. The van der Waals surface area contributed by atoms with E-state index >= 15 is 0 Å². The van der Waals surface area contributed by atoms with Gasteiger partial charge in [0.25, 0.3) is 0 Å². The summed E-state index contributed by atoms with van der Waals surface area (Å²) in [6.45, 7) is 2.59. The Labute approximate surface area is 164 Å². The zero-order valence-corrected chi connectivity index (χ0v) is 17.1.